The Balaban J connectivity index is 2.74. The Labute approximate surface area is 113 Å². The molecule has 1 rings (SSSR count). The van der Waals surface area contributed by atoms with Crippen LogP contribution in [0.15, 0.2) is 6.07 Å². The lowest BCUT2D eigenvalue weighted by molar-refractivity contribution is 0.170. The predicted octanol–water partition coefficient (Wildman–Crippen LogP) is 1.89. The van der Waals surface area contributed by atoms with Crippen LogP contribution >= 0.6 is 11.6 Å². The normalized spacial score (nSPS) is 12.4. The van der Waals surface area contributed by atoms with E-state index in [0.29, 0.717) is 24.0 Å². The number of hydrogen-bond acceptors (Lipinski definition) is 5. The molecule has 0 radical (unpaired) electrons. The summed E-state index contributed by atoms with van der Waals surface area (Å²) in [4.78, 5) is 8.54. The summed E-state index contributed by atoms with van der Waals surface area (Å²) in [6, 6.07) is 1.70. The Bertz CT molecular complexity index is 357. The topological polar surface area (TPSA) is 67.3 Å². The molecule has 1 unspecified atom stereocenters. The third-order valence-electron chi connectivity index (χ3n) is 2.41. The standard InChI is InChI=1S/C12H20ClN3O2/c1-3-4-11-15-10(13)7-12(16-11)14-9(5-6-17)8-18-2/h7,9,17H,3-6,8H2,1-2H3,(H,14,15,16). The molecule has 0 aliphatic carbocycles. The largest absolute Gasteiger partial charge is 0.396 e. The number of aliphatic hydroxyl groups is 1. The van der Waals surface area contributed by atoms with Crippen LogP contribution in [0.25, 0.3) is 0 Å². The monoisotopic (exact) mass is 273 g/mol. The van der Waals surface area contributed by atoms with Crippen molar-refractivity contribution in [3.8, 4) is 0 Å². The van der Waals surface area contributed by atoms with Crippen LogP contribution in [0.1, 0.15) is 25.6 Å². The van der Waals surface area contributed by atoms with Crippen LogP contribution in [0.4, 0.5) is 5.82 Å². The minimum Gasteiger partial charge on any atom is -0.396 e. The van der Waals surface area contributed by atoms with Crippen molar-refractivity contribution in [3.63, 3.8) is 0 Å². The zero-order valence-electron chi connectivity index (χ0n) is 10.8. The van der Waals surface area contributed by atoms with Crippen molar-refractivity contribution in [2.75, 3.05) is 25.6 Å². The molecule has 0 fully saturated rings. The van der Waals surface area contributed by atoms with Gasteiger partial charge in [-0.25, -0.2) is 9.97 Å². The molecule has 6 heteroatoms. The average molecular weight is 274 g/mol. The van der Waals surface area contributed by atoms with Crippen molar-refractivity contribution in [1.82, 2.24) is 9.97 Å². The van der Waals surface area contributed by atoms with Crippen LogP contribution in [-0.4, -0.2) is 41.4 Å². The zero-order chi connectivity index (χ0) is 13.4. The number of nitrogens with zero attached hydrogens (tertiary/aromatic N) is 2. The van der Waals surface area contributed by atoms with E-state index in [2.05, 4.69) is 22.2 Å². The van der Waals surface area contributed by atoms with Crippen molar-refractivity contribution >= 4 is 17.4 Å². The van der Waals surface area contributed by atoms with E-state index >= 15 is 0 Å². The highest BCUT2D eigenvalue weighted by molar-refractivity contribution is 6.29. The van der Waals surface area contributed by atoms with Gasteiger partial charge in [-0.1, -0.05) is 18.5 Å². The Kier molecular flexibility index (Phi) is 6.93. The van der Waals surface area contributed by atoms with Crippen molar-refractivity contribution < 1.29 is 9.84 Å². The summed E-state index contributed by atoms with van der Waals surface area (Å²) in [5, 5.41) is 12.6. The predicted molar refractivity (Wildman–Crippen MR) is 72.0 cm³/mol. The summed E-state index contributed by atoms with van der Waals surface area (Å²) in [5.74, 6) is 1.40. The van der Waals surface area contributed by atoms with Gasteiger partial charge in [-0.2, -0.15) is 0 Å². The number of nitrogens with one attached hydrogen (secondary N) is 1. The second kappa shape index (κ2) is 8.24. The van der Waals surface area contributed by atoms with Gasteiger partial charge in [-0.05, 0) is 12.8 Å². The molecule has 0 spiro atoms. The first-order valence-corrected chi connectivity index (χ1v) is 6.47. The molecule has 18 heavy (non-hydrogen) atoms. The number of aryl methyl sites for hydroxylation is 1. The number of anilines is 1. The molecule has 0 aromatic carbocycles. The van der Waals surface area contributed by atoms with Crippen molar-refractivity contribution in [2.24, 2.45) is 0 Å². The van der Waals surface area contributed by atoms with E-state index in [4.69, 9.17) is 21.4 Å². The number of ether oxygens (including phenoxy) is 1. The molecule has 0 saturated carbocycles. The van der Waals surface area contributed by atoms with E-state index in [1.165, 1.54) is 0 Å². The quantitative estimate of drug-likeness (QED) is 0.708. The van der Waals surface area contributed by atoms with Gasteiger partial charge < -0.3 is 15.2 Å². The van der Waals surface area contributed by atoms with Gasteiger partial charge in [-0.3, -0.25) is 0 Å². The van der Waals surface area contributed by atoms with Crippen LogP contribution in [0, 0.1) is 0 Å². The summed E-state index contributed by atoms with van der Waals surface area (Å²) in [6.45, 7) is 2.67. The Morgan fingerprint density at radius 1 is 1.50 bits per heavy atom. The molecule has 1 aromatic rings. The van der Waals surface area contributed by atoms with Crippen LogP contribution in [0.3, 0.4) is 0 Å². The highest BCUT2D eigenvalue weighted by Crippen LogP contribution is 2.14. The van der Waals surface area contributed by atoms with Crippen molar-refractivity contribution in [2.45, 2.75) is 32.2 Å². The molecule has 1 aromatic heterocycles. The van der Waals surface area contributed by atoms with E-state index in [-0.39, 0.29) is 12.6 Å². The second-order valence-electron chi connectivity index (χ2n) is 4.05. The molecule has 0 amide bonds. The van der Waals surface area contributed by atoms with Gasteiger partial charge in [0.25, 0.3) is 0 Å². The number of rotatable bonds is 8. The molecule has 0 saturated heterocycles. The van der Waals surface area contributed by atoms with Gasteiger partial charge in [0.2, 0.25) is 0 Å². The van der Waals surface area contributed by atoms with E-state index in [9.17, 15) is 0 Å². The lowest BCUT2D eigenvalue weighted by Crippen LogP contribution is -2.26. The molecule has 5 nitrogen and oxygen atoms in total. The zero-order valence-corrected chi connectivity index (χ0v) is 11.6. The Morgan fingerprint density at radius 2 is 2.28 bits per heavy atom. The number of methoxy groups -OCH3 is 1. The van der Waals surface area contributed by atoms with Crippen LogP contribution < -0.4 is 5.32 Å². The third-order valence-corrected chi connectivity index (χ3v) is 2.61. The van der Waals surface area contributed by atoms with Crippen LogP contribution in [-0.2, 0) is 11.2 Å². The van der Waals surface area contributed by atoms with E-state index in [1.807, 2.05) is 0 Å². The highest BCUT2D eigenvalue weighted by Gasteiger charge is 2.10. The molecule has 0 bridgehead atoms. The molecule has 1 atom stereocenters. The minimum atomic E-state index is 0.0143. The number of aromatic nitrogens is 2. The van der Waals surface area contributed by atoms with Gasteiger partial charge in [0, 0.05) is 26.2 Å². The summed E-state index contributed by atoms with van der Waals surface area (Å²) >= 11 is 5.95. The highest BCUT2D eigenvalue weighted by atomic mass is 35.5. The maximum absolute atomic E-state index is 8.98. The Hall–Kier alpha value is -0.910. The Morgan fingerprint density at radius 3 is 2.89 bits per heavy atom. The molecule has 0 aliphatic heterocycles. The summed E-state index contributed by atoms with van der Waals surface area (Å²) in [6.07, 6.45) is 2.36. The number of aliphatic hydroxyl groups excluding tert-OH is 1. The first kappa shape index (κ1) is 15.1. The third kappa shape index (κ3) is 5.16. The molecule has 1 heterocycles. The molecule has 2 N–H and O–H groups in total. The van der Waals surface area contributed by atoms with Crippen molar-refractivity contribution in [1.29, 1.82) is 0 Å². The van der Waals surface area contributed by atoms with Gasteiger partial charge in [0.15, 0.2) is 0 Å². The van der Waals surface area contributed by atoms with Gasteiger partial charge >= 0.3 is 0 Å². The summed E-state index contributed by atoms with van der Waals surface area (Å²) in [7, 11) is 1.63. The first-order chi connectivity index (χ1) is 8.69. The van der Waals surface area contributed by atoms with E-state index in [1.54, 1.807) is 13.2 Å². The smallest absolute Gasteiger partial charge is 0.134 e. The number of hydrogen-bond donors (Lipinski definition) is 2. The van der Waals surface area contributed by atoms with Gasteiger partial charge in [-0.15, -0.1) is 0 Å². The average Bonchev–Trinajstić information content (AvgIpc) is 2.29. The fraction of sp³-hybridized carbons (Fsp3) is 0.667. The minimum absolute atomic E-state index is 0.0143. The maximum Gasteiger partial charge on any atom is 0.134 e. The number of halogens is 1. The molecular weight excluding hydrogens is 254 g/mol. The summed E-state index contributed by atoms with van der Waals surface area (Å²) < 4.78 is 5.09. The molecular formula is C12H20ClN3O2. The van der Waals surface area contributed by atoms with E-state index in [0.717, 1.165) is 18.7 Å². The lowest BCUT2D eigenvalue weighted by atomic mass is 10.2. The van der Waals surface area contributed by atoms with E-state index < -0.39 is 0 Å². The van der Waals surface area contributed by atoms with Crippen LogP contribution in [0.5, 0.6) is 0 Å². The van der Waals surface area contributed by atoms with Gasteiger partial charge in [0.1, 0.15) is 16.8 Å². The lowest BCUT2D eigenvalue weighted by Gasteiger charge is -2.17. The summed E-state index contributed by atoms with van der Waals surface area (Å²) in [5.41, 5.74) is 0. The van der Waals surface area contributed by atoms with Gasteiger partial charge in [0.05, 0.1) is 12.6 Å². The fourth-order valence-electron chi connectivity index (χ4n) is 1.64. The fourth-order valence-corrected chi connectivity index (χ4v) is 1.84. The second-order valence-corrected chi connectivity index (χ2v) is 4.44. The van der Waals surface area contributed by atoms with Crippen LogP contribution in [0.2, 0.25) is 5.15 Å². The maximum atomic E-state index is 8.98. The molecule has 102 valence electrons. The SMILES string of the molecule is CCCc1nc(Cl)cc(NC(CCO)COC)n1. The first-order valence-electron chi connectivity index (χ1n) is 6.09. The van der Waals surface area contributed by atoms with Crippen molar-refractivity contribution in [3.05, 3.63) is 17.0 Å². The molecule has 0 aliphatic rings.